The van der Waals surface area contributed by atoms with Crippen LogP contribution in [0.3, 0.4) is 0 Å². The van der Waals surface area contributed by atoms with Gasteiger partial charge in [-0.25, -0.2) is 9.78 Å². The summed E-state index contributed by atoms with van der Waals surface area (Å²) in [5.74, 6) is -0.519. The van der Waals surface area contributed by atoms with Crippen LogP contribution < -0.4 is 0 Å². The second kappa shape index (κ2) is 4.94. The van der Waals surface area contributed by atoms with Crippen LogP contribution in [0.4, 0.5) is 0 Å². The standard InChI is InChI=1S/C13H12BrNO3/c1-3-18-13(17)10-6-11(16)8-4-7(2)5-9(14)12(8)15-10/h4-6H,3H2,1-2H3,(H,15,16). The molecular formula is C13H12BrNO3. The average molecular weight is 310 g/mol. The molecule has 0 saturated heterocycles. The van der Waals surface area contributed by atoms with Crippen molar-refractivity contribution >= 4 is 32.8 Å². The predicted octanol–water partition coefficient (Wildman–Crippen LogP) is 3.19. The third-order valence-electron chi connectivity index (χ3n) is 2.47. The average Bonchev–Trinajstić information content (AvgIpc) is 2.30. The van der Waals surface area contributed by atoms with Crippen LogP contribution >= 0.6 is 15.9 Å². The van der Waals surface area contributed by atoms with E-state index in [1.165, 1.54) is 6.07 Å². The van der Waals surface area contributed by atoms with Gasteiger partial charge < -0.3 is 9.84 Å². The second-order valence-electron chi connectivity index (χ2n) is 3.89. The summed E-state index contributed by atoms with van der Waals surface area (Å²) >= 11 is 3.38. The molecule has 0 fully saturated rings. The molecule has 1 aromatic carbocycles. The molecule has 0 atom stereocenters. The van der Waals surface area contributed by atoms with Crippen LogP contribution in [0.15, 0.2) is 22.7 Å². The topological polar surface area (TPSA) is 59.4 Å². The first-order valence-corrected chi connectivity index (χ1v) is 6.29. The second-order valence-corrected chi connectivity index (χ2v) is 4.74. The zero-order valence-electron chi connectivity index (χ0n) is 10.0. The molecule has 2 rings (SSSR count). The van der Waals surface area contributed by atoms with Gasteiger partial charge in [-0.1, -0.05) is 0 Å². The number of fused-ring (bicyclic) bond motifs is 1. The summed E-state index contributed by atoms with van der Waals surface area (Å²) in [6.45, 7) is 3.91. The van der Waals surface area contributed by atoms with Crippen molar-refractivity contribution in [2.75, 3.05) is 6.61 Å². The minimum Gasteiger partial charge on any atom is -0.507 e. The number of ether oxygens (including phenoxy) is 1. The van der Waals surface area contributed by atoms with E-state index < -0.39 is 5.97 Å². The maximum atomic E-state index is 11.6. The van der Waals surface area contributed by atoms with Crippen molar-refractivity contribution in [1.82, 2.24) is 4.98 Å². The lowest BCUT2D eigenvalue weighted by molar-refractivity contribution is 0.0519. The number of hydrogen-bond donors (Lipinski definition) is 1. The summed E-state index contributed by atoms with van der Waals surface area (Å²) in [6, 6.07) is 5.02. The smallest absolute Gasteiger partial charge is 0.357 e. The van der Waals surface area contributed by atoms with E-state index >= 15 is 0 Å². The minimum atomic E-state index is -0.540. The molecule has 0 aliphatic rings. The number of nitrogens with zero attached hydrogens (tertiary/aromatic N) is 1. The predicted molar refractivity (Wildman–Crippen MR) is 71.8 cm³/mol. The highest BCUT2D eigenvalue weighted by atomic mass is 79.9. The Labute approximate surface area is 113 Å². The Kier molecular flexibility index (Phi) is 3.52. The number of benzene rings is 1. The number of aromatic hydroxyl groups is 1. The fourth-order valence-electron chi connectivity index (χ4n) is 1.71. The van der Waals surface area contributed by atoms with Crippen LogP contribution in [-0.2, 0) is 4.74 Å². The number of carbonyl (C=O) groups is 1. The van der Waals surface area contributed by atoms with Crippen molar-refractivity contribution in [2.24, 2.45) is 0 Å². The summed E-state index contributed by atoms with van der Waals surface area (Å²) in [4.78, 5) is 15.8. The van der Waals surface area contributed by atoms with Crippen LogP contribution in [0.25, 0.3) is 10.9 Å². The van der Waals surface area contributed by atoms with Crippen molar-refractivity contribution < 1.29 is 14.6 Å². The zero-order valence-corrected chi connectivity index (χ0v) is 11.6. The normalized spacial score (nSPS) is 10.6. The number of esters is 1. The summed E-state index contributed by atoms with van der Waals surface area (Å²) in [5.41, 5.74) is 1.64. The number of aromatic nitrogens is 1. The molecule has 0 saturated carbocycles. The van der Waals surface area contributed by atoms with Gasteiger partial charge >= 0.3 is 5.97 Å². The van der Waals surface area contributed by atoms with Gasteiger partial charge in [0.25, 0.3) is 0 Å². The fourth-order valence-corrected chi connectivity index (χ4v) is 2.38. The Morgan fingerprint density at radius 1 is 1.44 bits per heavy atom. The fraction of sp³-hybridized carbons (Fsp3) is 0.231. The lowest BCUT2D eigenvalue weighted by Gasteiger charge is -2.07. The molecule has 0 aliphatic heterocycles. The highest BCUT2D eigenvalue weighted by Crippen LogP contribution is 2.31. The summed E-state index contributed by atoms with van der Waals surface area (Å²) < 4.78 is 5.60. The van der Waals surface area contributed by atoms with Crippen LogP contribution in [0, 0.1) is 6.92 Å². The number of aryl methyl sites for hydroxylation is 1. The molecule has 0 bridgehead atoms. The van der Waals surface area contributed by atoms with Gasteiger partial charge in [0.05, 0.1) is 12.1 Å². The molecule has 0 amide bonds. The van der Waals surface area contributed by atoms with E-state index in [2.05, 4.69) is 20.9 Å². The first-order chi connectivity index (χ1) is 8.52. The van der Waals surface area contributed by atoms with Crippen molar-refractivity contribution in [1.29, 1.82) is 0 Å². The Bertz CT molecular complexity index is 625. The largest absolute Gasteiger partial charge is 0.507 e. The highest BCUT2D eigenvalue weighted by molar-refractivity contribution is 9.10. The molecule has 1 N–H and O–H groups in total. The molecule has 5 heteroatoms. The van der Waals surface area contributed by atoms with E-state index in [1.54, 1.807) is 6.92 Å². The number of pyridine rings is 1. The van der Waals surface area contributed by atoms with Gasteiger partial charge in [0.1, 0.15) is 5.75 Å². The highest BCUT2D eigenvalue weighted by Gasteiger charge is 2.14. The number of halogens is 1. The van der Waals surface area contributed by atoms with Gasteiger partial charge in [0.2, 0.25) is 0 Å². The van der Waals surface area contributed by atoms with Gasteiger partial charge in [0.15, 0.2) is 5.69 Å². The van der Waals surface area contributed by atoms with Crippen LogP contribution in [0.1, 0.15) is 23.0 Å². The van der Waals surface area contributed by atoms with E-state index in [-0.39, 0.29) is 18.1 Å². The van der Waals surface area contributed by atoms with Gasteiger partial charge in [0, 0.05) is 15.9 Å². The molecule has 0 spiro atoms. The van der Waals surface area contributed by atoms with Gasteiger partial charge in [-0.3, -0.25) is 0 Å². The Morgan fingerprint density at radius 2 is 2.17 bits per heavy atom. The first kappa shape index (κ1) is 12.8. The summed E-state index contributed by atoms with van der Waals surface area (Å²) in [6.07, 6.45) is 0. The molecule has 0 unspecified atom stereocenters. The first-order valence-electron chi connectivity index (χ1n) is 5.50. The van der Waals surface area contributed by atoms with Gasteiger partial charge in [-0.2, -0.15) is 0 Å². The van der Waals surface area contributed by atoms with Crippen molar-refractivity contribution in [2.45, 2.75) is 13.8 Å². The SMILES string of the molecule is CCOC(=O)c1cc(O)c2cc(C)cc(Br)c2n1. The van der Waals surface area contributed by atoms with E-state index in [4.69, 9.17) is 4.74 Å². The Morgan fingerprint density at radius 3 is 2.83 bits per heavy atom. The van der Waals surface area contributed by atoms with Crippen molar-refractivity contribution in [3.63, 3.8) is 0 Å². The molecule has 1 aromatic heterocycles. The molecule has 4 nitrogen and oxygen atoms in total. The third-order valence-corrected chi connectivity index (χ3v) is 3.08. The molecule has 1 heterocycles. The molecule has 94 valence electrons. The quantitative estimate of drug-likeness (QED) is 0.866. The van der Waals surface area contributed by atoms with Gasteiger partial charge in [-0.05, 0) is 47.5 Å². The van der Waals surface area contributed by atoms with E-state index in [0.29, 0.717) is 10.9 Å². The zero-order chi connectivity index (χ0) is 13.3. The van der Waals surface area contributed by atoms with Crippen molar-refractivity contribution in [3.8, 4) is 5.75 Å². The van der Waals surface area contributed by atoms with Crippen LogP contribution in [0.5, 0.6) is 5.75 Å². The molecular weight excluding hydrogens is 298 g/mol. The molecule has 0 aliphatic carbocycles. The summed E-state index contributed by atoms with van der Waals surface area (Å²) in [5, 5.41) is 10.6. The molecule has 2 aromatic rings. The monoisotopic (exact) mass is 309 g/mol. The van der Waals surface area contributed by atoms with E-state index in [9.17, 15) is 9.90 Å². The minimum absolute atomic E-state index is 0.0208. The maximum Gasteiger partial charge on any atom is 0.357 e. The Hall–Kier alpha value is -1.62. The molecule has 18 heavy (non-hydrogen) atoms. The van der Waals surface area contributed by atoms with Crippen LogP contribution in [0.2, 0.25) is 0 Å². The third kappa shape index (κ3) is 2.31. The number of hydrogen-bond acceptors (Lipinski definition) is 4. The maximum absolute atomic E-state index is 11.6. The van der Waals surface area contributed by atoms with E-state index in [0.717, 1.165) is 10.0 Å². The van der Waals surface area contributed by atoms with Crippen LogP contribution in [-0.4, -0.2) is 22.7 Å². The number of carbonyl (C=O) groups excluding carboxylic acids is 1. The molecule has 0 radical (unpaired) electrons. The van der Waals surface area contributed by atoms with Gasteiger partial charge in [-0.15, -0.1) is 0 Å². The lowest BCUT2D eigenvalue weighted by atomic mass is 10.1. The summed E-state index contributed by atoms with van der Waals surface area (Å²) in [7, 11) is 0. The Balaban J connectivity index is 2.65. The lowest BCUT2D eigenvalue weighted by Crippen LogP contribution is -2.07. The van der Waals surface area contributed by atoms with E-state index in [1.807, 2.05) is 19.1 Å². The van der Waals surface area contributed by atoms with Crippen molar-refractivity contribution in [3.05, 3.63) is 33.9 Å². The number of rotatable bonds is 2.